The molecule has 0 unspecified atom stereocenters. The first-order chi connectivity index (χ1) is 15.7. The monoisotopic (exact) mass is 545 g/mol. The highest BCUT2D eigenvalue weighted by Gasteiger charge is 2.19. The van der Waals surface area contributed by atoms with Crippen molar-refractivity contribution < 1.29 is 8.42 Å². The summed E-state index contributed by atoms with van der Waals surface area (Å²) >= 11 is 4.65. The number of thioether (sulfide) groups is 1. The standard InChI is InChI=1S/C20H16BrN7O3S2/c1-27(2)33(30,31)13-4-5-15-14(8-13)18-19(23-15)24-20(26-25-18)32-10-12-7-17(29)28-9-11(21)3-6-16(28)22-12/h3-9H,10H2,1-2H3,(H,23,24,26). The zero-order valence-electron chi connectivity index (χ0n) is 17.4. The number of hydrogen-bond donors (Lipinski definition) is 1. The summed E-state index contributed by atoms with van der Waals surface area (Å²) in [7, 11) is -0.607. The van der Waals surface area contributed by atoms with Gasteiger partial charge < -0.3 is 4.98 Å². The van der Waals surface area contributed by atoms with Crippen molar-refractivity contribution in [3.63, 3.8) is 0 Å². The molecule has 1 N–H and O–H groups in total. The number of H-pyrrole nitrogens is 1. The van der Waals surface area contributed by atoms with Crippen molar-refractivity contribution in [2.24, 2.45) is 0 Å². The van der Waals surface area contributed by atoms with Gasteiger partial charge in [-0.3, -0.25) is 9.20 Å². The Labute approximate surface area is 200 Å². The number of nitrogens with zero attached hydrogens (tertiary/aromatic N) is 6. The minimum atomic E-state index is -3.57. The van der Waals surface area contributed by atoms with Crippen molar-refractivity contribution in [1.29, 1.82) is 0 Å². The lowest BCUT2D eigenvalue weighted by Gasteiger charge is -2.10. The number of aromatic amines is 1. The summed E-state index contributed by atoms with van der Waals surface area (Å²) in [6, 6.07) is 9.86. The van der Waals surface area contributed by atoms with Crippen LogP contribution in [-0.4, -0.2) is 56.4 Å². The smallest absolute Gasteiger partial charge is 0.258 e. The molecule has 168 valence electrons. The molecule has 10 nitrogen and oxygen atoms in total. The maximum atomic E-state index is 12.5. The van der Waals surface area contributed by atoms with Gasteiger partial charge in [0, 0.05) is 47.5 Å². The molecule has 0 saturated heterocycles. The largest absolute Gasteiger partial charge is 0.338 e. The van der Waals surface area contributed by atoms with Crippen molar-refractivity contribution in [2.75, 3.05) is 14.1 Å². The highest BCUT2D eigenvalue weighted by Crippen LogP contribution is 2.27. The van der Waals surface area contributed by atoms with E-state index in [2.05, 4.69) is 41.1 Å². The topological polar surface area (TPSA) is 126 Å². The second-order valence-electron chi connectivity index (χ2n) is 7.36. The number of hydrogen-bond acceptors (Lipinski definition) is 8. The molecule has 0 aliphatic carbocycles. The summed E-state index contributed by atoms with van der Waals surface area (Å²) in [5.74, 6) is 0.389. The van der Waals surface area contributed by atoms with Crippen molar-refractivity contribution in [3.8, 4) is 0 Å². The average Bonchev–Trinajstić information content (AvgIpc) is 3.15. The van der Waals surface area contributed by atoms with E-state index in [1.54, 1.807) is 30.5 Å². The Bertz CT molecular complexity index is 1710. The number of fused-ring (bicyclic) bond motifs is 4. The first-order valence-electron chi connectivity index (χ1n) is 9.62. The Morgan fingerprint density at radius 2 is 1.94 bits per heavy atom. The van der Waals surface area contributed by atoms with Gasteiger partial charge in [0.25, 0.3) is 5.56 Å². The molecule has 0 amide bonds. The Morgan fingerprint density at radius 3 is 2.73 bits per heavy atom. The van der Waals surface area contributed by atoms with Crippen LogP contribution in [0, 0.1) is 0 Å². The van der Waals surface area contributed by atoms with Gasteiger partial charge in [-0.1, -0.05) is 11.8 Å². The lowest BCUT2D eigenvalue weighted by Crippen LogP contribution is -2.22. The molecule has 0 radical (unpaired) electrons. The third-order valence-electron chi connectivity index (χ3n) is 4.97. The Hall–Kier alpha value is -2.87. The lowest BCUT2D eigenvalue weighted by molar-refractivity contribution is 0.521. The molecule has 1 aromatic carbocycles. The van der Waals surface area contributed by atoms with Crippen LogP contribution < -0.4 is 5.56 Å². The number of halogens is 1. The first kappa shape index (κ1) is 21.9. The van der Waals surface area contributed by atoms with Gasteiger partial charge in [-0.2, -0.15) is 0 Å². The molecule has 0 saturated carbocycles. The minimum absolute atomic E-state index is 0.168. The first-order valence-corrected chi connectivity index (χ1v) is 12.8. The molecular formula is C20H16BrN7O3S2. The summed E-state index contributed by atoms with van der Waals surface area (Å²) in [4.78, 5) is 24.7. The van der Waals surface area contributed by atoms with Crippen LogP contribution in [-0.2, 0) is 15.8 Å². The van der Waals surface area contributed by atoms with Crippen LogP contribution in [0.25, 0.3) is 27.7 Å². The predicted octanol–water partition coefficient (Wildman–Crippen LogP) is 2.82. The van der Waals surface area contributed by atoms with E-state index in [4.69, 9.17) is 0 Å². The molecule has 13 heteroatoms. The van der Waals surface area contributed by atoms with Gasteiger partial charge in [-0.05, 0) is 46.3 Å². The highest BCUT2D eigenvalue weighted by atomic mass is 79.9. The van der Waals surface area contributed by atoms with Gasteiger partial charge in [0.05, 0.1) is 10.6 Å². The van der Waals surface area contributed by atoms with Crippen molar-refractivity contribution in [1.82, 2.24) is 33.9 Å². The molecule has 4 heterocycles. The fraction of sp³-hybridized carbons (Fsp3) is 0.150. The van der Waals surface area contributed by atoms with Crippen LogP contribution in [0.5, 0.6) is 0 Å². The number of rotatable bonds is 5. The van der Waals surface area contributed by atoms with Gasteiger partial charge in [-0.15, -0.1) is 10.2 Å². The van der Waals surface area contributed by atoms with E-state index in [0.29, 0.717) is 44.3 Å². The second-order valence-corrected chi connectivity index (χ2v) is 11.4. The van der Waals surface area contributed by atoms with E-state index in [0.717, 1.165) is 8.78 Å². The molecule has 5 aromatic rings. The van der Waals surface area contributed by atoms with E-state index < -0.39 is 10.0 Å². The van der Waals surface area contributed by atoms with Crippen LogP contribution >= 0.6 is 27.7 Å². The van der Waals surface area contributed by atoms with E-state index in [1.807, 2.05) is 6.07 Å². The van der Waals surface area contributed by atoms with Crippen LogP contribution in [0.15, 0.2) is 61.9 Å². The lowest BCUT2D eigenvalue weighted by atomic mass is 10.2. The van der Waals surface area contributed by atoms with E-state index in [-0.39, 0.29) is 10.5 Å². The number of nitrogens with one attached hydrogen (secondary N) is 1. The number of benzene rings is 1. The molecule has 5 rings (SSSR count). The van der Waals surface area contributed by atoms with Crippen molar-refractivity contribution >= 4 is 65.4 Å². The Morgan fingerprint density at radius 1 is 1.12 bits per heavy atom. The fourth-order valence-corrected chi connectivity index (χ4v) is 5.25. The maximum Gasteiger partial charge on any atom is 0.258 e. The average molecular weight is 546 g/mol. The summed E-state index contributed by atoms with van der Waals surface area (Å²) in [5.41, 5.74) is 2.67. The van der Waals surface area contributed by atoms with Gasteiger partial charge in [-0.25, -0.2) is 22.7 Å². The van der Waals surface area contributed by atoms with E-state index in [1.165, 1.54) is 36.3 Å². The number of sulfonamides is 1. The van der Waals surface area contributed by atoms with Gasteiger partial charge in [0.15, 0.2) is 5.65 Å². The van der Waals surface area contributed by atoms with Crippen molar-refractivity contribution in [2.45, 2.75) is 15.8 Å². The molecule has 0 bridgehead atoms. The normalized spacial score (nSPS) is 12.4. The summed E-state index contributed by atoms with van der Waals surface area (Å²) < 4.78 is 28.3. The summed E-state index contributed by atoms with van der Waals surface area (Å²) in [6.45, 7) is 0. The SMILES string of the molecule is CN(C)S(=O)(=O)c1ccc2[nH]c3nc(SCc4cc(=O)n5cc(Br)ccc5n4)nnc3c2c1. The molecule has 0 atom stereocenters. The van der Waals surface area contributed by atoms with Crippen LogP contribution in [0.2, 0.25) is 0 Å². The molecule has 0 fully saturated rings. The quantitative estimate of drug-likeness (QED) is 0.334. The predicted molar refractivity (Wildman–Crippen MR) is 129 cm³/mol. The molecule has 33 heavy (non-hydrogen) atoms. The minimum Gasteiger partial charge on any atom is -0.338 e. The third-order valence-corrected chi connectivity index (χ3v) is 8.12. The van der Waals surface area contributed by atoms with Crippen LogP contribution in [0.4, 0.5) is 0 Å². The number of aromatic nitrogens is 6. The third kappa shape index (κ3) is 4.01. The summed E-state index contributed by atoms with van der Waals surface area (Å²) in [5, 5.41) is 9.47. The summed E-state index contributed by atoms with van der Waals surface area (Å²) in [6.07, 6.45) is 1.67. The van der Waals surface area contributed by atoms with Crippen LogP contribution in [0.3, 0.4) is 0 Å². The van der Waals surface area contributed by atoms with Crippen LogP contribution in [0.1, 0.15) is 5.69 Å². The fourth-order valence-electron chi connectivity index (χ4n) is 3.31. The molecule has 0 spiro atoms. The maximum absolute atomic E-state index is 12.5. The Kier molecular flexibility index (Phi) is 5.43. The van der Waals surface area contributed by atoms with Crippen molar-refractivity contribution in [3.05, 3.63) is 63.1 Å². The van der Waals surface area contributed by atoms with Gasteiger partial charge in [0.2, 0.25) is 15.2 Å². The van der Waals surface area contributed by atoms with E-state index in [9.17, 15) is 13.2 Å². The highest BCUT2D eigenvalue weighted by molar-refractivity contribution is 9.10. The molecule has 0 aliphatic rings. The van der Waals surface area contributed by atoms with E-state index >= 15 is 0 Å². The zero-order valence-corrected chi connectivity index (χ0v) is 20.6. The number of pyridine rings is 1. The molecule has 0 aliphatic heterocycles. The second kappa shape index (κ2) is 8.17. The molecular weight excluding hydrogens is 530 g/mol. The molecule has 4 aromatic heterocycles. The zero-order chi connectivity index (χ0) is 23.3. The Balaban J connectivity index is 1.45. The van der Waals surface area contributed by atoms with Gasteiger partial charge in [0.1, 0.15) is 11.2 Å². The van der Waals surface area contributed by atoms with Gasteiger partial charge >= 0.3 is 0 Å².